The lowest BCUT2D eigenvalue weighted by molar-refractivity contribution is 1.64. The highest BCUT2D eigenvalue weighted by molar-refractivity contribution is 7.19. The first-order valence-corrected chi connectivity index (χ1v) is 4.54. The molecule has 1 heterocycles. The fourth-order valence-electron chi connectivity index (χ4n) is 1.08. The smallest absolute Gasteiger partial charge is 0.0499 e. The number of aryl methyl sites for hydroxylation is 1. The van der Waals surface area contributed by atoms with Crippen LogP contribution in [0.3, 0.4) is 0 Å². The van der Waals surface area contributed by atoms with Crippen LogP contribution in [0.4, 0.5) is 0 Å². The monoisotopic (exact) mass is 181 g/mol. The molecular weight excluding hydrogens is 176 g/mol. The molecule has 2 heteroatoms. The summed E-state index contributed by atoms with van der Waals surface area (Å²) in [6.07, 6.45) is 0. The molecular formula is C9H6ClS. The van der Waals surface area contributed by atoms with Gasteiger partial charge in [-0.15, -0.1) is 11.3 Å². The minimum absolute atomic E-state index is 0.798. The standard InChI is InChI=1S/C9H6ClS/c1-6-5-7-8(10)3-2-4-9(7)11-6/h2-4H,1H3. The Hall–Kier alpha value is -0.530. The van der Waals surface area contributed by atoms with E-state index in [1.807, 2.05) is 19.1 Å². The van der Waals surface area contributed by atoms with E-state index in [9.17, 15) is 0 Å². The van der Waals surface area contributed by atoms with E-state index in [4.69, 9.17) is 11.6 Å². The van der Waals surface area contributed by atoms with Gasteiger partial charge in [0.05, 0.1) is 0 Å². The second-order valence-corrected chi connectivity index (χ2v) is 4.06. The van der Waals surface area contributed by atoms with Crippen LogP contribution in [0.15, 0.2) is 18.2 Å². The van der Waals surface area contributed by atoms with Crippen molar-refractivity contribution in [2.24, 2.45) is 0 Å². The predicted octanol–water partition coefficient (Wildman–Crippen LogP) is 3.66. The largest absolute Gasteiger partial charge is 0.140 e. The van der Waals surface area contributed by atoms with Crippen LogP contribution in [0.5, 0.6) is 0 Å². The van der Waals surface area contributed by atoms with Crippen molar-refractivity contribution in [1.82, 2.24) is 0 Å². The van der Waals surface area contributed by atoms with Crippen molar-refractivity contribution >= 4 is 33.0 Å². The van der Waals surface area contributed by atoms with Crippen LogP contribution in [0.25, 0.3) is 10.1 Å². The zero-order valence-electron chi connectivity index (χ0n) is 6.02. The quantitative estimate of drug-likeness (QED) is 0.582. The van der Waals surface area contributed by atoms with Gasteiger partial charge in [0.2, 0.25) is 0 Å². The minimum atomic E-state index is 0.798. The first-order chi connectivity index (χ1) is 5.27. The summed E-state index contributed by atoms with van der Waals surface area (Å²) in [4.78, 5) is 1.19. The molecule has 0 spiro atoms. The van der Waals surface area contributed by atoms with Gasteiger partial charge in [-0.2, -0.15) is 0 Å². The Bertz CT molecular complexity index is 389. The Morgan fingerprint density at radius 2 is 2.27 bits per heavy atom. The third kappa shape index (κ3) is 1.15. The Labute approximate surface area is 74.4 Å². The van der Waals surface area contributed by atoms with E-state index in [2.05, 4.69) is 12.1 Å². The summed E-state index contributed by atoms with van der Waals surface area (Å²) < 4.78 is 1.22. The summed E-state index contributed by atoms with van der Waals surface area (Å²) in [6.45, 7) is 2.04. The molecule has 0 saturated heterocycles. The van der Waals surface area contributed by atoms with Crippen LogP contribution in [0.1, 0.15) is 4.88 Å². The first-order valence-electron chi connectivity index (χ1n) is 3.34. The molecule has 0 saturated carbocycles. The molecule has 0 aliphatic rings. The van der Waals surface area contributed by atoms with Crippen LogP contribution in [0, 0.1) is 13.0 Å². The fraction of sp³-hybridized carbons (Fsp3) is 0.111. The third-order valence-corrected chi connectivity index (χ3v) is 2.82. The molecule has 1 aromatic heterocycles. The molecule has 0 nitrogen and oxygen atoms in total. The molecule has 0 atom stereocenters. The molecule has 0 bridgehead atoms. The SMILES string of the molecule is Cc1[c]c2c(Cl)cccc2s1. The molecule has 0 fully saturated rings. The molecule has 11 heavy (non-hydrogen) atoms. The lowest BCUT2D eigenvalue weighted by atomic mass is 10.2. The molecule has 1 radical (unpaired) electrons. The van der Waals surface area contributed by atoms with Gasteiger partial charge in [0.25, 0.3) is 0 Å². The van der Waals surface area contributed by atoms with Crippen LogP contribution >= 0.6 is 22.9 Å². The van der Waals surface area contributed by atoms with E-state index in [0.29, 0.717) is 0 Å². The first kappa shape index (κ1) is 7.14. The number of hydrogen-bond donors (Lipinski definition) is 0. The van der Waals surface area contributed by atoms with Crippen LogP contribution in [-0.4, -0.2) is 0 Å². The third-order valence-electron chi connectivity index (χ3n) is 1.54. The van der Waals surface area contributed by atoms with Gasteiger partial charge in [0.15, 0.2) is 0 Å². The van der Waals surface area contributed by atoms with Crippen molar-refractivity contribution in [2.75, 3.05) is 0 Å². The molecule has 0 amide bonds. The van der Waals surface area contributed by atoms with Crippen LogP contribution in [-0.2, 0) is 0 Å². The maximum atomic E-state index is 5.95. The van der Waals surface area contributed by atoms with Crippen molar-refractivity contribution in [1.29, 1.82) is 0 Å². The average Bonchev–Trinajstić information content (AvgIpc) is 2.31. The topological polar surface area (TPSA) is 0 Å². The van der Waals surface area contributed by atoms with Gasteiger partial charge in [0.1, 0.15) is 0 Å². The van der Waals surface area contributed by atoms with E-state index in [1.54, 1.807) is 11.3 Å². The number of thiophene rings is 1. The van der Waals surface area contributed by atoms with Gasteiger partial charge < -0.3 is 0 Å². The van der Waals surface area contributed by atoms with Crippen LogP contribution in [0.2, 0.25) is 5.02 Å². The van der Waals surface area contributed by atoms with Gasteiger partial charge in [-0.3, -0.25) is 0 Å². The Morgan fingerprint density at radius 3 is 3.00 bits per heavy atom. The Balaban J connectivity index is 2.90. The van der Waals surface area contributed by atoms with Crippen LogP contribution < -0.4 is 0 Å². The molecule has 2 aromatic rings. The van der Waals surface area contributed by atoms with Gasteiger partial charge in [-0.05, 0) is 19.1 Å². The molecule has 1 aromatic carbocycles. The van der Waals surface area contributed by atoms with Crippen molar-refractivity contribution in [3.8, 4) is 0 Å². The molecule has 0 unspecified atom stereocenters. The lowest BCUT2D eigenvalue weighted by Crippen LogP contribution is -1.63. The van der Waals surface area contributed by atoms with Crippen molar-refractivity contribution in [3.63, 3.8) is 0 Å². The number of halogens is 1. The maximum absolute atomic E-state index is 5.95. The van der Waals surface area contributed by atoms with Gasteiger partial charge >= 0.3 is 0 Å². The number of hydrogen-bond acceptors (Lipinski definition) is 1. The highest BCUT2D eigenvalue weighted by Crippen LogP contribution is 2.29. The highest BCUT2D eigenvalue weighted by atomic mass is 35.5. The van der Waals surface area contributed by atoms with Gasteiger partial charge in [0, 0.05) is 26.1 Å². The molecule has 0 N–H and O–H groups in total. The average molecular weight is 182 g/mol. The molecule has 2 rings (SSSR count). The normalized spacial score (nSPS) is 10.7. The second-order valence-electron chi connectivity index (χ2n) is 2.40. The zero-order chi connectivity index (χ0) is 7.84. The molecule has 0 aliphatic carbocycles. The predicted molar refractivity (Wildman–Crippen MR) is 50.4 cm³/mol. The van der Waals surface area contributed by atoms with E-state index in [0.717, 1.165) is 10.4 Å². The summed E-state index contributed by atoms with van der Waals surface area (Å²) in [5.41, 5.74) is 0. The Morgan fingerprint density at radius 1 is 1.45 bits per heavy atom. The number of rotatable bonds is 0. The summed E-state index contributed by atoms with van der Waals surface area (Å²) in [7, 11) is 0. The van der Waals surface area contributed by atoms with Crippen molar-refractivity contribution in [2.45, 2.75) is 6.92 Å². The maximum Gasteiger partial charge on any atom is 0.0499 e. The summed E-state index contributed by atoms with van der Waals surface area (Å²) in [5, 5.41) is 1.85. The summed E-state index contributed by atoms with van der Waals surface area (Å²) in [5.74, 6) is 0. The summed E-state index contributed by atoms with van der Waals surface area (Å²) in [6, 6.07) is 9.14. The Kier molecular flexibility index (Phi) is 1.63. The van der Waals surface area contributed by atoms with E-state index in [-0.39, 0.29) is 0 Å². The van der Waals surface area contributed by atoms with E-state index < -0.39 is 0 Å². The number of benzene rings is 1. The van der Waals surface area contributed by atoms with Gasteiger partial charge in [-0.25, -0.2) is 0 Å². The zero-order valence-corrected chi connectivity index (χ0v) is 7.59. The van der Waals surface area contributed by atoms with Crippen molar-refractivity contribution < 1.29 is 0 Å². The molecule has 0 aliphatic heterocycles. The second kappa shape index (κ2) is 2.50. The number of fused-ring (bicyclic) bond motifs is 1. The van der Waals surface area contributed by atoms with Crippen molar-refractivity contribution in [3.05, 3.63) is 34.2 Å². The lowest BCUT2D eigenvalue weighted by Gasteiger charge is -1.89. The summed E-state index contributed by atoms with van der Waals surface area (Å²) >= 11 is 7.67. The highest BCUT2D eigenvalue weighted by Gasteiger charge is 2.00. The van der Waals surface area contributed by atoms with E-state index >= 15 is 0 Å². The molecule has 55 valence electrons. The van der Waals surface area contributed by atoms with E-state index in [1.165, 1.54) is 9.58 Å². The minimum Gasteiger partial charge on any atom is -0.140 e. The fourth-order valence-corrected chi connectivity index (χ4v) is 2.25. The van der Waals surface area contributed by atoms with Gasteiger partial charge in [-0.1, -0.05) is 17.7 Å².